The number of hydrogen-bond donors (Lipinski definition) is 0. The lowest BCUT2D eigenvalue weighted by Crippen LogP contribution is -2.24. The van der Waals surface area contributed by atoms with Crippen LogP contribution >= 0.6 is 0 Å². The number of hydrogen-bond acceptors (Lipinski definition) is 6. The van der Waals surface area contributed by atoms with Gasteiger partial charge in [-0.15, -0.1) is 0 Å². The first-order chi connectivity index (χ1) is 13.4. The van der Waals surface area contributed by atoms with E-state index in [2.05, 4.69) is 0 Å². The van der Waals surface area contributed by atoms with E-state index in [9.17, 15) is 0 Å². The van der Waals surface area contributed by atoms with Crippen molar-refractivity contribution in [3.05, 3.63) is 0 Å². The smallest absolute Gasteiger partial charge is 0.0707 e. The average Bonchev–Trinajstić information content (AvgIpc) is 2.49. The van der Waals surface area contributed by atoms with Crippen molar-refractivity contribution < 1.29 is 33.9 Å². The Kier molecular flexibility index (Phi) is 19.6. The van der Waals surface area contributed by atoms with Crippen LogP contribution in [0.2, 0.25) is 0 Å². The lowest BCUT2D eigenvalue weighted by Gasteiger charge is -2.20. The summed E-state index contributed by atoms with van der Waals surface area (Å²) in [5.41, 5.74) is -0.312. The molecule has 0 fully saturated rings. The zero-order chi connectivity index (χ0) is 23.9. The highest BCUT2D eigenvalue weighted by Crippen LogP contribution is 2.08. The molecule has 0 aliphatic rings. The van der Waals surface area contributed by atoms with E-state index in [-0.39, 0.29) is 27.9 Å². The van der Waals surface area contributed by atoms with E-state index in [1.165, 1.54) is 0 Å². The lowest BCUT2D eigenvalue weighted by atomic mass is 10.2. The molecule has 0 aromatic rings. The molecule has 0 unspecified atom stereocenters. The highest BCUT2D eigenvalue weighted by molar-refractivity contribution is 4.60. The maximum absolute atomic E-state index is 5.51. The van der Waals surface area contributed by atoms with Gasteiger partial charge in [-0.2, -0.15) is 0 Å². The maximum Gasteiger partial charge on any atom is 0.0707 e. The van der Waals surface area contributed by atoms with E-state index < -0.39 is 0 Å². The van der Waals surface area contributed by atoms with Crippen LogP contribution in [0.5, 0.6) is 0 Å². The van der Waals surface area contributed by atoms with Crippen molar-refractivity contribution in [2.45, 2.75) is 105 Å². The molecule has 0 radical (unpaired) electrons. The van der Waals surface area contributed by atoms with Gasteiger partial charge < -0.3 is 33.9 Å². The minimum atomic E-state index is -0.0781. The molecular formula is C24H54O7. The van der Waals surface area contributed by atoms with Crippen molar-refractivity contribution >= 4 is 0 Å². The fourth-order valence-corrected chi connectivity index (χ4v) is 1.83. The molecule has 0 aromatic heterocycles. The summed E-state index contributed by atoms with van der Waals surface area (Å²) in [6, 6.07) is 0. The first-order valence-corrected chi connectivity index (χ1v) is 11.1. The average molecular weight is 455 g/mol. The molecule has 0 saturated heterocycles. The summed E-state index contributed by atoms with van der Waals surface area (Å²) in [6.07, 6.45) is 0. The molecule has 0 saturated carbocycles. The van der Waals surface area contributed by atoms with Crippen LogP contribution in [0, 0.1) is 0 Å². The molecular weight excluding hydrogens is 400 g/mol. The third kappa shape index (κ3) is 40.6. The summed E-state index contributed by atoms with van der Waals surface area (Å²) in [5, 5.41) is 0. The van der Waals surface area contributed by atoms with Crippen LogP contribution in [0.1, 0.15) is 83.1 Å². The molecule has 0 atom stereocenters. The van der Waals surface area contributed by atoms with E-state index in [1.54, 1.807) is 0 Å². The van der Waals surface area contributed by atoms with Gasteiger partial charge in [-0.25, -0.2) is 0 Å². The van der Waals surface area contributed by atoms with Crippen LogP contribution in [0.4, 0.5) is 0 Å². The molecule has 31 heavy (non-hydrogen) atoms. The molecule has 7 heteroatoms. The Morgan fingerprint density at radius 2 is 0.484 bits per heavy atom. The minimum Gasteiger partial charge on any atom is -0.412 e. The van der Waals surface area contributed by atoms with Gasteiger partial charge in [-0.3, -0.25) is 0 Å². The molecule has 0 aliphatic carbocycles. The zero-order valence-corrected chi connectivity index (χ0v) is 22.6. The maximum atomic E-state index is 5.51. The first kappa shape index (κ1) is 35.3. The summed E-state index contributed by atoms with van der Waals surface area (Å²) >= 11 is 0. The van der Waals surface area contributed by atoms with Gasteiger partial charge >= 0.3 is 0 Å². The van der Waals surface area contributed by atoms with Crippen molar-refractivity contribution in [3.63, 3.8) is 0 Å². The highest BCUT2D eigenvalue weighted by atomic mass is 16.6. The molecule has 0 aromatic carbocycles. The van der Waals surface area contributed by atoms with Crippen LogP contribution in [0.15, 0.2) is 0 Å². The Labute approximate surface area is 192 Å². The van der Waals surface area contributed by atoms with Crippen LogP contribution in [-0.2, 0) is 28.4 Å². The van der Waals surface area contributed by atoms with Gasteiger partial charge in [-0.05, 0) is 83.1 Å². The van der Waals surface area contributed by atoms with Crippen molar-refractivity contribution in [1.29, 1.82) is 0 Å². The molecule has 2 N–H and O–H groups in total. The standard InChI is InChI=1S/2C12H26O3.H2O/c2*1-11(2,3)14-9-7-13-8-10-15-12(4,5)6;/h2*7-10H2,1-6H3;1H2. The van der Waals surface area contributed by atoms with Crippen LogP contribution in [0.25, 0.3) is 0 Å². The SMILES string of the molecule is CC(C)(C)OCCOCCOC(C)(C)C.CC(C)(C)OCCOCCOC(C)(C)C.O. The van der Waals surface area contributed by atoms with Gasteiger partial charge in [0.1, 0.15) is 0 Å². The topological polar surface area (TPSA) is 86.9 Å². The second kappa shape index (κ2) is 17.2. The molecule has 192 valence electrons. The Morgan fingerprint density at radius 3 is 0.613 bits per heavy atom. The minimum absolute atomic E-state index is 0. The number of ether oxygens (including phenoxy) is 6. The molecule has 0 rings (SSSR count). The van der Waals surface area contributed by atoms with Crippen LogP contribution in [-0.4, -0.2) is 80.7 Å². The fourth-order valence-electron chi connectivity index (χ4n) is 1.83. The van der Waals surface area contributed by atoms with Gasteiger partial charge in [0.2, 0.25) is 0 Å². The van der Waals surface area contributed by atoms with Crippen molar-refractivity contribution in [2.24, 2.45) is 0 Å². The highest BCUT2D eigenvalue weighted by Gasteiger charge is 2.11. The fraction of sp³-hybridized carbons (Fsp3) is 1.00. The van der Waals surface area contributed by atoms with Crippen molar-refractivity contribution in [1.82, 2.24) is 0 Å². The normalized spacial score (nSPS) is 12.8. The van der Waals surface area contributed by atoms with Gasteiger partial charge in [-0.1, -0.05) is 0 Å². The monoisotopic (exact) mass is 454 g/mol. The van der Waals surface area contributed by atoms with Gasteiger partial charge in [0.15, 0.2) is 0 Å². The molecule has 0 bridgehead atoms. The van der Waals surface area contributed by atoms with Gasteiger partial charge in [0.05, 0.1) is 75.3 Å². The molecule has 0 heterocycles. The van der Waals surface area contributed by atoms with Gasteiger partial charge in [0.25, 0.3) is 0 Å². The van der Waals surface area contributed by atoms with E-state index in [0.717, 1.165) is 0 Å². The second-order valence-electron chi connectivity index (χ2n) is 11.1. The summed E-state index contributed by atoms with van der Waals surface area (Å²) in [4.78, 5) is 0. The van der Waals surface area contributed by atoms with E-state index in [1.807, 2.05) is 83.1 Å². The number of rotatable bonds is 12. The second-order valence-corrected chi connectivity index (χ2v) is 11.1. The molecule has 0 spiro atoms. The van der Waals surface area contributed by atoms with Crippen molar-refractivity contribution in [3.8, 4) is 0 Å². The van der Waals surface area contributed by atoms with Crippen LogP contribution < -0.4 is 0 Å². The molecule has 0 aliphatic heterocycles. The van der Waals surface area contributed by atoms with Crippen LogP contribution in [0.3, 0.4) is 0 Å². The van der Waals surface area contributed by atoms with E-state index in [4.69, 9.17) is 28.4 Å². The Balaban J connectivity index is -0.000000490. The van der Waals surface area contributed by atoms with Crippen molar-refractivity contribution in [2.75, 3.05) is 52.9 Å². The predicted molar refractivity (Wildman–Crippen MR) is 128 cm³/mol. The third-order valence-corrected chi connectivity index (χ3v) is 3.05. The van der Waals surface area contributed by atoms with E-state index >= 15 is 0 Å². The lowest BCUT2D eigenvalue weighted by molar-refractivity contribution is -0.0613. The quantitative estimate of drug-likeness (QED) is 0.405. The first-order valence-electron chi connectivity index (χ1n) is 11.1. The molecule has 7 nitrogen and oxygen atoms in total. The Bertz CT molecular complexity index is 311. The molecule has 0 amide bonds. The predicted octanol–water partition coefficient (Wildman–Crippen LogP) is 4.44. The zero-order valence-electron chi connectivity index (χ0n) is 22.6. The summed E-state index contributed by atoms with van der Waals surface area (Å²) in [6.45, 7) is 29.5. The largest absolute Gasteiger partial charge is 0.412 e. The Hall–Kier alpha value is -0.280. The van der Waals surface area contributed by atoms with E-state index in [0.29, 0.717) is 52.9 Å². The van der Waals surface area contributed by atoms with Gasteiger partial charge in [0, 0.05) is 0 Å². The Morgan fingerprint density at radius 1 is 0.323 bits per heavy atom. The summed E-state index contributed by atoms with van der Waals surface area (Å²) in [7, 11) is 0. The summed E-state index contributed by atoms with van der Waals surface area (Å²) < 4.78 is 32.8. The third-order valence-electron chi connectivity index (χ3n) is 3.05. The summed E-state index contributed by atoms with van der Waals surface area (Å²) in [5.74, 6) is 0.